The summed E-state index contributed by atoms with van der Waals surface area (Å²) in [5.74, 6) is -0.428. The zero-order chi connectivity index (χ0) is 15.5. The van der Waals surface area contributed by atoms with Crippen LogP contribution in [0, 0.1) is 5.92 Å². The van der Waals surface area contributed by atoms with Gasteiger partial charge in [0.05, 0.1) is 18.9 Å². The molecule has 1 saturated heterocycles. The molecule has 1 fully saturated rings. The van der Waals surface area contributed by atoms with E-state index in [0.29, 0.717) is 26.1 Å². The number of rotatable bonds is 4. The Kier molecular flexibility index (Phi) is 5.00. The lowest BCUT2D eigenvalue weighted by Gasteiger charge is -2.17. The summed E-state index contributed by atoms with van der Waals surface area (Å²) >= 11 is 5.63. The highest BCUT2D eigenvalue weighted by atomic mass is 35.5. The molecule has 1 aliphatic heterocycles. The van der Waals surface area contributed by atoms with Gasteiger partial charge in [0.15, 0.2) is 0 Å². The van der Waals surface area contributed by atoms with Crippen LogP contribution in [0.5, 0.6) is 0 Å². The second kappa shape index (κ2) is 6.57. The summed E-state index contributed by atoms with van der Waals surface area (Å²) in [6, 6.07) is 0. The molecule has 5 nitrogen and oxygen atoms in total. The molecule has 0 aromatic carbocycles. The Morgan fingerprint density at radius 1 is 1.48 bits per heavy atom. The molecule has 0 spiro atoms. The molecule has 1 atom stereocenters. The van der Waals surface area contributed by atoms with E-state index in [-0.39, 0.29) is 16.8 Å². The largest absolute Gasteiger partial charge is 0.401 e. The molecule has 1 unspecified atom stereocenters. The third-order valence-electron chi connectivity index (χ3n) is 3.16. The zero-order valence-electron chi connectivity index (χ0n) is 11.0. The van der Waals surface area contributed by atoms with Crippen LogP contribution in [0.1, 0.15) is 16.9 Å². The SMILES string of the molecule is O=C(NCC1CCN(CC(F)(F)F)C1)c1cncc(Cl)n1. The van der Waals surface area contributed by atoms with Crippen molar-refractivity contribution >= 4 is 17.5 Å². The van der Waals surface area contributed by atoms with Gasteiger partial charge in [0.1, 0.15) is 10.8 Å². The number of nitrogens with one attached hydrogen (secondary N) is 1. The van der Waals surface area contributed by atoms with Gasteiger partial charge >= 0.3 is 6.18 Å². The molecule has 116 valence electrons. The molecule has 0 saturated carbocycles. The number of hydrogen-bond acceptors (Lipinski definition) is 4. The molecule has 0 bridgehead atoms. The predicted molar refractivity (Wildman–Crippen MR) is 70.0 cm³/mol. The first-order chi connectivity index (χ1) is 9.83. The van der Waals surface area contributed by atoms with Crippen molar-refractivity contribution in [2.75, 3.05) is 26.2 Å². The van der Waals surface area contributed by atoms with Crippen molar-refractivity contribution in [3.63, 3.8) is 0 Å². The molecule has 1 aromatic heterocycles. The third-order valence-corrected chi connectivity index (χ3v) is 3.34. The number of amides is 1. The van der Waals surface area contributed by atoms with Crippen molar-refractivity contribution in [3.8, 4) is 0 Å². The minimum absolute atomic E-state index is 0.00319. The van der Waals surface area contributed by atoms with Gasteiger partial charge in [-0.1, -0.05) is 11.6 Å². The van der Waals surface area contributed by atoms with Crippen LogP contribution in [0.3, 0.4) is 0 Å². The van der Waals surface area contributed by atoms with Gasteiger partial charge in [-0.05, 0) is 18.9 Å². The monoisotopic (exact) mass is 322 g/mol. The topological polar surface area (TPSA) is 58.1 Å². The van der Waals surface area contributed by atoms with Crippen LogP contribution in [0.4, 0.5) is 13.2 Å². The summed E-state index contributed by atoms with van der Waals surface area (Å²) in [4.78, 5) is 20.7. The number of hydrogen-bond donors (Lipinski definition) is 1. The van der Waals surface area contributed by atoms with Gasteiger partial charge in [-0.15, -0.1) is 0 Å². The Bertz CT molecular complexity index is 512. The van der Waals surface area contributed by atoms with Crippen molar-refractivity contribution < 1.29 is 18.0 Å². The van der Waals surface area contributed by atoms with E-state index in [0.717, 1.165) is 0 Å². The molecule has 21 heavy (non-hydrogen) atoms. The Labute approximate surface area is 124 Å². The average molecular weight is 323 g/mol. The molecule has 9 heteroatoms. The second-order valence-corrected chi connectivity index (χ2v) is 5.33. The van der Waals surface area contributed by atoms with Gasteiger partial charge in [0, 0.05) is 13.1 Å². The van der Waals surface area contributed by atoms with Crippen LogP contribution in [0.2, 0.25) is 5.15 Å². The van der Waals surface area contributed by atoms with Crippen molar-refractivity contribution in [1.82, 2.24) is 20.2 Å². The molecular weight excluding hydrogens is 309 g/mol. The van der Waals surface area contributed by atoms with E-state index >= 15 is 0 Å². The summed E-state index contributed by atoms with van der Waals surface area (Å²) in [5.41, 5.74) is 0.0904. The lowest BCUT2D eigenvalue weighted by atomic mass is 10.1. The fourth-order valence-electron chi connectivity index (χ4n) is 2.26. The van der Waals surface area contributed by atoms with Crippen molar-refractivity contribution in [2.45, 2.75) is 12.6 Å². The highest BCUT2D eigenvalue weighted by molar-refractivity contribution is 6.29. The van der Waals surface area contributed by atoms with Gasteiger partial charge in [0.25, 0.3) is 5.91 Å². The fourth-order valence-corrected chi connectivity index (χ4v) is 2.40. The first-order valence-electron chi connectivity index (χ1n) is 6.38. The minimum Gasteiger partial charge on any atom is -0.350 e. The molecule has 1 aromatic rings. The predicted octanol–water partition coefficient (Wildman–Crippen LogP) is 1.74. The number of alkyl halides is 3. The molecule has 2 heterocycles. The van der Waals surface area contributed by atoms with E-state index in [2.05, 4.69) is 15.3 Å². The summed E-state index contributed by atoms with van der Waals surface area (Å²) in [5, 5.41) is 2.75. The first-order valence-corrected chi connectivity index (χ1v) is 6.76. The maximum absolute atomic E-state index is 12.3. The molecule has 0 radical (unpaired) electrons. The molecule has 0 aliphatic carbocycles. The molecule has 2 rings (SSSR count). The van der Waals surface area contributed by atoms with Crippen molar-refractivity contribution in [3.05, 3.63) is 23.2 Å². The van der Waals surface area contributed by atoms with E-state index < -0.39 is 18.6 Å². The number of likely N-dealkylation sites (tertiary alicyclic amines) is 1. The summed E-state index contributed by atoms with van der Waals surface area (Å²) in [7, 11) is 0. The van der Waals surface area contributed by atoms with Crippen LogP contribution in [-0.4, -0.2) is 53.1 Å². The van der Waals surface area contributed by atoms with E-state index in [1.165, 1.54) is 17.3 Å². The number of carbonyl (C=O) groups is 1. The quantitative estimate of drug-likeness (QED) is 0.917. The summed E-state index contributed by atoms with van der Waals surface area (Å²) < 4.78 is 36.8. The maximum atomic E-state index is 12.3. The smallest absolute Gasteiger partial charge is 0.350 e. The highest BCUT2D eigenvalue weighted by Crippen LogP contribution is 2.22. The standard InChI is InChI=1S/C12H14ClF3N4O/c13-10-5-17-4-9(19-10)11(21)18-3-8-1-2-20(6-8)7-12(14,15)16/h4-5,8H,1-3,6-7H2,(H,18,21). The number of nitrogens with zero attached hydrogens (tertiary/aromatic N) is 3. The molecule has 1 aliphatic rings. The molecule has 1 amide bonds. The maximum Gasteiger partial charge on any atom is 0.401 e. The first kappa shape index (κ1) is 16.0. The Morgan fingerprint density at radius 2 is 2.24 bits per heavy atom. The van der Waals surface area contributed by atoms with Crippen molar-refractivity contribution in [2.24, 2.45) is 5.92 Å². The number of carbonyl (C=O) groups excluding carboxylic acids is 1. The van der Waals surface area contributed by atoms with Crippen LogP contribution >= 0.6 is 11.6 Å². The van der Waals surface area contributed by atoms with E-state index in [9.17, 15) is 18.0 Å². The average Bonchev–Trinajstić information content (AvgIpc) is 2.81. The normalized spacial score (nSPS) is 19.7. The van der Waals surface area contributed by atoms with E-state index in [1.54, 1.807) is 0 Å². The summed E-state index contributed by atoms with van der Waals surface area (Å²) in [6.07, 6.45) is -0.970. The van der Waals surface area contributed by atoms with Crippen LogP contribution < -0.4 is 5.32 Å². The Morgan fingerprint density at radius 3 is 2.90 bits per heavy atom. The Hall–Kier alpha value is -1.41. The van der Waals surface area contributed by atoms with Crippen LogP contribution in [0.25, 0.3) is 0 Å². The van der Waals surface area contributed by atoms with Gasteiger partial charge in [0.2, 0.25) is 0 Å². The van der Waals surface area contributed by atoms with Crippen LogP contribution in [0.15, 0.2) is 12.4 Å². The molecular formula is C12H14ClF3N4O. The lowest BCUT2D eigenvalue weighted by Crippen LogP contribution is -2.34. The fraction of sp³-hybridized carbons (Fsp3) is 0.583. The lowest BCUT2D eigenvalue weighted by molar-refractivity contribution is -0.143. The van der Waals surface area contributed by atoms with Gasteiger partial charge in [-0.2, -0.15) is 13.2 Å². The third kappa shape index (κ3) is 5.13. The number of halogens is 4. The minimum atomic E-state index is -4.19. The number of aromatic nitrogens is 2. The van der Waals surface area contributed by atoms with Gasteiger partial charge in [-0.3, -0.25) is 14.7 Å². The Balaban J connectivity index is 1.78. The zero-order valence-corrected chi connectivity index (χ0v) is 11.8. The molecule has 1 N–H and O–H groups in total. The van der Waals surface area contributed by atoms with E-state index in [4.69, 9.17) is 11.6 Å². The van der Waals surface area contributed by atoms with Crippen LogP contribution in [-0.2, 0) is 0 Å². The van der Waals surface area contributed by atoms with Crippen molar-refractivity contribution in [1.29, 1.82) is 0 Å². The van der Waals surface area contributed by atoms with Gasteiger partial charge in [-0.25, -0.2) is 4.98 Å². The second-order valence-electron chi connectivity index (χ2n) is 4.94. The van der Waals surface area contributed by atoms with Gasteiger partial charge < -0.3 is 5.32 Å². The highest BCUT2D eigenvalue weighted by Gasteiger charge is 2.34. The van der Waals surface area contributed by atoms with E-state index in [1.807, 2.05) is 0 Å². The summed E-state index contributed by atoms with van der Waals surface area (Å²) in [6.45, 7) is 0.108.